The summed E-state index contributed by atoms with van der Waals surface area (Å²) in [5.41, 5.74) is 0.950. The Bertz CT molecular complexity index is 796. The van der Waals surface area contributed by atoms with Crippen molar-refractivity contribution in [2.45, 2.75) is 0 Å². The molecule has 1 N–H and O–H groups in total. The van der Waals surface area contributed by atoms with Crippen molar-refractivity contribution in [2.24, 2.45) is 0 Å². The van der Waals surface area contributed by atoms with Gasteiger partial charge in [-0.05, 0) is 42.0 Å². The first-order valence-electron chi connectivity index (χ1n) is 7.74. The molecule has 0 spiro atoms. The second-order valence-corrected chi connectivity index (χ2v) is 5.33. The fourth-order valence-electron chi connectivity index (χ4n) is 2.35. The van der Waals surface area contributed by atoms with Crippen molar-refractivity contribution >= 4 is 11.9 Å². The Kier molecular flexibility index (Phi) is 5.20. The lowest BCUT2D eigenvalue weighted by atomic mass is 10.1. The Labute approximate surface area is 145 Å². The number of carbonyl (C=O) groups excluding carboxylic acids is 1. The van der Waals surface area contributed by atoms with Crippen LogP contribution in [-0.4, -0.2) is 38.0 Å². The minimum absolute atomic E-state index is 0.0610. The molecule has 6 nitrogen and oxygen atoms in total. The van der Waals surface area contributed by atoms with Gasteiger partial charge in [0.1, 0.15) is 24.7 Å². The fraction of sp³-hybridized carbons (Fsp3) is 0.211. The van der Waals surface area contributed by atoms with Crippen molar-refractivity contribution in [1.29, 1.82) is 0 Å². The van der Waals surface area contributed by atoms with E-state index in [0.717, 1.165) is 5.56 Å². The first-order valence-corrected chi connectivity index (χ1v) is 7.74. The number of ketones is 1. The minimum atomic E-state index is -0.338. The van der Waals surface area contributed by atoms with Crippen LogP contribution in [0.1, 0.15) is 15.9 Å². The smallest absolute Gasteiger partial charge is 0.189 e. The van der Waals surface area contributed by atoms with E-state index >= 15 is 0 Å². The summed E-state index contributed by atoms with van der Waals surface area (Å²) in [6.45, 7) is 1.09. The highest BCUT2D eigenvalue weighted by atomic mass is 16.7. The normalized spacial score (nSPS) is 13.0. The Morgan fingerprint density at radius 2 is 1.96 bits per heavy atom. The summed E-state index contributed by atoms with van der Waals surface area (Å²) in [6.07, 6.45) is 3.04. The standard InChI is InChI=1S/C19H18O6/c1-22-12-25-14-4-6-17(21)15(11-14)16(20)5-2-13-3-7-18-19(10-13)24-9-8-23-18/h2-7,10-11,21H,8-9,12H2,1H3/b5-2+. The van der Waals surface area contributed by atoms with E-state index in [2.05, 4.69) is 0 Å². The van der Waals surface area contributed by atoms with E-state index in [0.29, 0.717) is 30.5 Å². The van der Waals surface area contributed by atoms with Crippen LogP contribution in [0.5, 0.6) is 23.0 Å². The van der Waals surface area contributed by atoms with Crippen LogP contribution in [0.2, 0.25) is 0 Å². The number of carbonyl (C=O) groups is 1. The summed E-state index contributed by atoms with van der Waals surface area (Å²) in [4.78, 5) is 12.4. The van der Waals surface area contributed by atoms with E-state index in [1.807, 2.05) is 6.07 Å². The zero-order valence-corrected chi connectivity index (χ0v) is 13.7. The zero-order chi connectivity index (χ0) is 17.6. The monoisotopic (exact) mass is 342 g/mol. The molecular formula is C19H18O6. The van der Waals surface area contributed by atoms with Gasteiger partial charge >= 0.3 is 0 Å². The Morgan fingerprint density at radius 1 is 1.16 bits per heavy atom. The van der Waals surface area contributed by atoms with Crippen molar-refractivity contribution in [2.75, 3.05) is 27.1 Å². The summed E-state index contributed by atoms with van der Waals surface area (Å²) < 4.78 is 21.1. The van der Waals surface area contributed by atoms with E-state index in [-0.39, 0.29) is 23.9 Å². The molecular weight excluding hydrogens is 324 g/mol. The maximum Gasteiger partial charge on any atom is 0.189 e. The van der Waals surface area contributed by atoms with Crippen molar-refractivity contribution in [3.63, 3.8) is 0 Å². The van der Waals surface area contributed by atoms with Crippen molar-refractivity contribution in [3.05, 3.63) is 53.6 Å². The predicted octanol–water partition coefficient (Wildman–Crippen LogP) is 3.04. The summed E-state index contributed by atoms with van der Waals surface area (Å²) in [6, 6.07) is 9.89. The summed E-state index contributed by atoms with van der Waals surface area (Å²) in [5, 5.41) is 9.91. The predicted molar refractivity (Wildman–Crippen MR) is 91.4 cm³/mol. The quantitative estimate of drug-likeness (QED) is 0.494. The number of hydrogen-bond donors (Lipinski definition) is 1. The van der Waals surface area contributed by atoms with Gasteiger partial charge in [-0.2, -0.15) is 0 Å². The molecule has 0 saturated carbocycles. The van der Waals surface area contributed by atoms with E-state index in [4.69, 9.17) is 18.9 Å². The molecule has 2 aromatic carbocycles. The maximum atomic E-state index is 12.4. The Balaban J connectivity index is 1.76. The molecule has 0 amide bonds. The zero-order valence-electron chi connectivity index (χ0n) is 13.7. The van der Waals surface area contributed by atoms with Gasteiger partial charge in [-0.1, -0.05) is 12.1 Å². The number of hydrogen-bond acceptors (Lipinski definition) is 6. The number of aromatic hydroxyl groups is 1. The van der Waals surface area contributed by atoms with Crippen LogP contribution in [0.3, 0.4) is 0 Å². The van der Waals surface area contributed by atoms with Crippen molar-refractivity contribution in [3.8, 4) is 23.0 Å². The fourth-order valence-corrected chi connectivity index (χ4v) is 2.35. The number of ether oxygens (including phenoxy) is 4. The van der Waals surface area contributed by atoms with Crippen LogP contribution < -0.4 is 14.2 Å². The molecule has 0 bridgehead atoms. The van der Waals surface area contributed by atoms with E-state index in [1.54, 1.807) is 24.3 Å². The molecule has 0 aliphatic carbocycles. The molecule has 0 saturated heterocycles. The molecule has 0 aromatic heterocycles. The van der Waals surface area contributed by atoms with Gasteiger partial charge in [0.05, 0.1) is 5.56 Å². The number of phenolic OH excluding ortho intramolecular Hbond substituents is 1. The molecule has 6 heteroatoms. The average molecular weight is 342 g/mol. The topological polar surface area (TPSA) is 74.2 Å². The van der Waals surface area contributed by atoms with Crippen LogP contribution in [-0.2, 0) is 4.74 Å². The Morgan fingerprint density at radius 3 is 2.76 bits per heavy atom. The molecule has 25 heavy (non-hydrogen) atoms. The summed E-state index contributed by atoms with van der Waals surface area (Å²) >= 11 is 0. The van der Waals surface area contributed by atoms with Crippen LogP contribution in [0, 0.1) is 0 Å². The maximum absolute atomic E-state index is 12.4. The van der Waals surface area contributed by atoms with Crippen molar-refractivity contribution < 1.29 is 28.8 Å². The molecule has 0 radical (unpaired) electrons. The van der Waals surface area contributed by atoms with Gasteiger partial charge < -0.3 is 24.1 Å². The molecule has 130 valence electrons. The number of benzene rings is 2. The van der Waals surface area contributed by atoms with Gasteiger partial charge in [0.15, 0.2) is 24.1 Å². The first-order chi connectivity index (χ1) is 12.2. The van der Waals surface area contributed by atoms with Crippen molar-refractivity contribution in [1.82, 2.24) is 0 Å². The molecule has 1 aliphatic heterocycles. The highest BCUT2D eigenvalue weighted by Crippen LogP contribution is 2.31. The average Bonchev–Trinajstić information content (AvgIpc) is 2.65. The van der Waals surface area contributed by atoms with Gasteiger partial charge in [-0.15, -0.1) is 0 Å². The third-order valence-corrected chi connectivity index (χ3v) is 3.57. The summed E-state index contributed by atoms with van der Waals surface area (Å²) in [7, 11) is 1.50. The van der Waals surface area contributed by atoms with E-state index in [9.17, 15) is 9.90 Å². The third-order valence-electron chi connectivity index (χ3n) is 3.57. The lowest BCUT2D eigenvalue weighted by molar-refractivity contribution is 0.0510. The lowest BCUT2D eigenvalue weighted by Gasteiger charge is -2.18. The highest BCUT2D eigenvalue weighted by molar-refractivity contribution is 6.08. The van der Waals surface area contributed by atoms with Crippen LogP contribution >= 0.6 is 0 Å². The second kappa shape index (κ2) is 7.72. The number of methoxy groups -OCH3 is 1. The SMILES string of the molecule is COCOc1ccc(O)c(C(=O)/C=C/c2ccc3c(c2)OCCO3)c1. The molecule has 0 unspecified atom stereocenters. The molecule has 0 fully saturated rings. The molecule has 1 heterocycles. The third kappa shape index (κ3) is 4.10. The van der Waals surface area contributed by atoms with Gasteiger partial charge in [0, 0.05) is 7.11 Å². The number of fused-ring (bicyclic) bond motifs is 1. The van der Waals surface area contributed by atoms with Gasteiger partial charge in [0.2, 0.25) is 0 Å². The van der Waals surface area contributed by atoms with Gasteiger partial charge in [-0.25, -0.2) is 0 Å². The Hall–Kier alpha value is -2.99. The van der Waals surface area contributed by atoms with Crippen LogP contribution in [0.15, 0.2) is 42.5 Å². The molecule has 1 aliphatic rings. The van der Waals surface area contributed by atoms with Crippen LogP contribution in [0.4, 0.5) is 0 Å². The summed E-state index contributed by atoms with van der Waals surface area (Å²) in [5.74, 6) is 1.33. The molecule has 3 rings (SSSR count). The minimum Gasteiger partial charge on any atom is -0.507 e. The lowest BCUT2D eigenvalue weighted by Crippen LogP contribution is -2.15. The molecule has 2 aromatic rings. The number of allylic oxidation sites excluding steroid dienone is 1. The number of rotatable bonds is 6. The van der Waals surface area contributed by atoms with E-state index in [1.165, 1.54) is 25.3 Å². The number of phenols is 1. The largest absolute Gasteiger partial charge is 0.507 e. The first kappa shape index (κ1) is 16.9. The van der Waals surface area contributed by atoms with E-state index < -0.39 is 0 Å². The highest BCUT2D eigenvalue weighted by Gasteiger charge is 2.12. The van der Waals surface area contributed by atoms with Gasteiger partial charge in [0.25, 0.3) is 0 Å². The molecule has 0 atom stereocenters. The van der Waals surface area contributed by atoms with Gasteiger partial charge in [-0.3, -0.25) is 4.79 Å². The van der Waals surface area contributed by atoms with Crippen LogP contribution in [0.25, 0.3) is 6.08 Å². The second-order valence-electron chi connectivity index (χ2n) is 5.33.